The third-order valence-corrected chi connectivity index (χ3v) is 5.41. The highest BCUT2D eigenvalue weighted by atomic mass is 16.2. The number of imidazole rings is 1. The number of nitrogens with zero attached hydrogens (tertiary/aromatic N) is 4. The molecule has 1 amide bonds. The fraction of sp³-hybridized carbons (Fsp3) is 0.450. The number of aromatic amines is 1. The topological polar surface area (TPSA) is 66.8 Å². The number of H-pyrrole nitrogens is 1. The van der Waals surface area contributed by atoms with Gasteiger partial charge in [-0.05, 0) is 50.8 Å². The van der Waals surface area contributed by atoms with Crippen molar-refractivity contribution in [1.82, 2.24) is 24.6 Å². The Morgan fingerprint density at radius 3 is 2.69 bits per heavy atom. The molecule has 1 N–H and O–H groups in total. The van der Waals surface area contributed by atoms with Crippen LogP contribution in [0.1, 0.15) is 48.7 Å². The van der Waals surface area contributed by atoms with Gasteiger partial charge in [-0.1, -0.05) is 12.1 Å². The van der Waals surface area contributed by atoms with Gasteiger partial charge in [0.2, 0.25) is 5.91 Å². The number of likely N-dealkylation sites (tertiary alicyclic amines) is 1. The van der Waals surface area contributed by atoms with Crippen molar-refractivity contribution >= 4 is 16.9 Å². The quantitative estimate of drug-likeness (QED) is 0.787. The highest BCUT2D eigenvalue weighted by Crippen LogP contribution is 2.29. The Morgan fingerprint density at radius 1 is 1.27 bits per heavy atom. The molecule has 1 aromatic carbocycles. The zero-order chi connectivity index (χ0) is 18.3. The van der Waals surface area contributed by atoms with Crippen LogP contribution >= 0.6 is 0 Å². The molecule has 3 aromatic rings. The Bertz CT molecular complexity index is 933. The summed E-state index contributed by atoms with van der Waals surface area (Å²) in [5.41, 5.74) is 4.43. The minimum atomic E-state index is -0.255. The average molecular weight is 351 g/mol. The first-order valence-electron chi connectivity index (χ1n) is 9.27. The molecule has 0 saturated carbocycles. The molecule has 6 heteroatoms. The summed E-state index contributed by atoms with van der Waals surface area (Å²) >= 11 is 0. The molecule has 4 rings (SSSR count). The maximum atomic E-state index is 12.8. The smallest absolute Gasteiger partial charge is 0.247 e. The van der Waals surface area contributed by atoms with E-state index in [0.717, 1.165) is 48.4 Å². The summed E-state index contributed by atoms with van der Waals surface area (Å²) in [5.74, 6) is 1.58. The van der Waals surface area contributed by atoms with Gasteiger partial charge in [0.05, 0.1) is 17.2 Å². The molecule has 1 aliphatic rings. The van der Waals surface area contributed by atoms with E-state index in [1.54, 1.807) is 10.9 Å². The molecule has 1 saturated heterocycles. The standard InChI is InChI=1S/C20H25N5O/c1-13-11-21-25(12-13)15(3)20(26)24-9-7-16(8-10-24)19-22-17-6-4-5-14(2)18(17)23-19/h4-6,11-12,15-16H,7-10H2,1-3H3,(H,22,23)/t15-/m1/s1. The number of carbonyl (C=O) groups excluding carboxylic acids is 1. The van der Waals surface area contributed by atoms with Gasteiger partial charge >= 0.3 is 0 Å². The number of rotatable bonds is 3. The Labute approximate surface area is 153 Å². The molecule has 1 fully saturated rings. The van der Waals surface area contributed by atoms with Crippen molar-refractivity contribution < 1.29 is 4.79 Å². The molecule has 0 unspecified atom stereocenters. The molecule has 0 radical (unpaired) electrons. The van der Waals surface area contributed by atoms with Crippen LogP contribution in [0.25, 0.3) is 11.0 Å². The van der Waals surface area contributed by atoms with Crippen molar-refractivity contribution in [2.24, 2.45) is 0 Å². The van der Waals surface area contributed by atoms with E-state index in [-0.39, 0.29) is 11.9 Å². The van der Waals surface area contributed by atoms with Gasteiger partial charge in [0.1, 0.15) is 11.9 Å². The van der Waals surface area contributed by atoms with E-state index < -0.39 is 0 Å². The molecule has 1 aliphatic heterocycles. The normalized spacial score (nSPS) is 17.0. The first-order chi connectivity index (χ1) is 12.5. The lowest BCUT2D eigenvalue weighted by Crippen LogP contribution is -2.41. The zero-order valence-electron chi connectivity index (χ0n) is 15.6. The maximum Gasteiger partial charge on any atom is 0.247 e. The van der Waals surface area contributed by atoms with Crippen LogP contribution in [0.5, 0.6) is 0 Å². The number of hydrogen-bond donors (Lipinski definition) is 1. The first kappa shape index (κ1) is 16.8. The first-order valence-corrected chi connectivity index (χ1v) is 9.27. The Morgan fingerprint density at radius 2 is 2.04 bits per heavy atom. The summed E-state index contributed by atoms with van der Waals surface area (Å²) < 4.78 is 1.76. The summed E-state index contributed by atoms with van der Waals surface area (Å²) in [6.45, 7) is 7.53. The summed E-state index contributed by atoms with van der Waals surface area (Å²) in [5, 5.41) is 4.28. The lowest BCUT2D eigenvalue weighted by atomic mass is 9.96. The summed E-state index contributed by atoms with van der Waals surface area (Å²) in [4.78, 5) is 23.0. The van der Waals surface area contributed by atoms with Crippen LogP contribution in [0, 0.1) is 13.8 Å². The number of carbonyl (C=O) groups is 1. The van der Waals surface area contributed by atoms with E-state index in [4.69, 9.17) is 4.98 Å². The minimum Gasteiger partial charge on any atom is -0.342 e. The molecular weight excluding hydrogens is 326 g/mol. The number of hydrogen-bond acceptors (Lipinski definition) is 3. The van der Waals surface area contributed by atoms with E-state index in [1.807, 2.05) is 24.9 Å². The summed E-state index contributed by atoms with van der Waals surface area (Å²) in [6.07, 6.45) is 5.59. The number of fused-ring (bicyclic) bond motifs is 1. The molecule has 0 spiro atoms. The van der Waals surface area contributed by atoms with Gasteiger partial charge < -0.3 is 9.88 Å². The third kappa shape index (κ3) is 3.00. The molecule has 0 bridgehead atoms. The van der Waals surface area contributed by atoms with Crippen molar-refractivity contribution in [3.8, 4) is 0 Å². The van der Waals surface area contributed by atoms with Crippen LogP contribution in [0.15, 0.2) is 30.6 Å². The Balaban J connectivity index is 1.43. The van der Waals surface area contributed by atoms with Crippen molar-refractivity contribution in [2.75, 3.05) is 13.1 Å². The lowest BCUT2D eigenvalue weighted by Gasteiger charge is -2.32. The van der Waals surface area contributed by atoms with E-state index in [0.29, 0.717) is 5.92 Å². The Hall–Kier alpha value is -2.63. The van der Waals surface area contributed by atoms with Gasteiger partial charge in [0.15, 0.2) is 0 Å². The van der Waals surface area contributed by atoms with Gasteiger partial charge in [0, 0.05) is 25.2 Å². The largest absolute Gasteiger partial charge is 0.342 e. The predicted molar refractivity (Wildman–Crippen MR) is 101 cm³/mol. The monoisotopic (exact) mass is 351 g/mol. The Kier molecular flexibility index (Phi) is 4.26. The van der Waals surface area contributed by atoms with Crippen molar-refractivity contribution in [2.45, 2.75) is 45.6 Å². The summed E-state index contributed by atoms with van der Waals surface area (Å²) in [6, 6.07) is 5.96. The minimum absolute atomic E-state index is 0.145. The van der Waals surface area contributed by atoms with Crippen LogP contribution in [0.3, 0.4) is 0 Å². The van der Waals surface area contributed by atoms with Crippen molar-refractivity contribution in [1.29, 1.82) is 0 Å². The molecule has 1 atom stereocenters. The molecule has 6 nitrogen and oxygen atoms in total. The average Bonchev–Trinajstić information content (AvgIpc) is 3.28. The van der Waals surface area contributed by atoms with Crippen LogP contribution in [-0.4, -0.2) is 43.6 Å². The number of para-hydroxylation sites is 1. The number of piperidine rings is 1. The van der Waals surface area contributed by atoms with Gasteiger partial charge in [0.25, 0.3) is 0 Å². The van der Waals surface area contributed by atoms with Crippen LogP contribution in [0.2, 0.25) is 0 Å². The number of nitrogens with one attached hydrogen (secondary N) is 1. The van der Waals surface area contributed by atoms with Gasteiger partial charge in [-0.25, -0.2) is 4.98 Å². The van der Waals surface area contributed by atoms with Gasteiger partial charge in [-0.3, -0.25) is 9.48 Å². The molecule has 3 heterocycles. The van der Waals surface area contributed by atoms with Crippen molar-refractivity contribution in [3.63, 3.8) is 0 Å². The molecule has 2 aromatic heterocycles. The molecule has 136 valence electrons. The molecule has 0 aliphatic carbocycles. The fourth-order valence-electron chi connectivity index (χ4n) is 3.78. The predicted octanol–water partition coefficient (Wildman–Crippen LogP) is 3.34. The highest BCUT2D eigenvalue weighted by molar-refractivity contribution is 5.80. The van der Waals surface area contributed by atoms with E-state index in [2.05, 4.69) is 35.2 Å². The second-order valence-electron chi connectivity index (χ2n) is 7.37. The van der Waals surface area contributed by atoms with E-state index in [9.17, 15) is 4.79 Å². The second kappa shape index (κ2) is 6.59. The number of aromatic nitrogens is 4. The van der Waals surface area contributed by atoms with Crippen LogP contribution < -0.4 is 0 Å². The van der Waals surface area contributed by atoms with E-state index >= 15 is 0 Å². The lowest BCUT2D eigenvalue weighted by molar-refractivity contribution is -0.135. The molecule has 26 heavy (non-hydrogen) atoms. The van der Waals surface area contributed by atoms with Crippen LogP contribution in [0.4, 0.5) is 0 Å². The number of benzene rings is 1. The molecular formula is C20H25N5O. The third-order valence-electron chi connectivity index (χ3n) is 5.41. The second-order valence-corrected chi connectivity index (χ2v) is 7.37. The highest BCUT2D eigenvalue weighted by Gasteiger charge is 2.29. The van der Waals surface area contributed by atoms with Crippen LogP contribution in [-0.2, 0) is 4.79 Å². The zero-order valence-corrected chi connectivity index (χ0v) is 15.6. The fourth-order valence-corrected chi connectivity index (χ4v) is 3.78. The summed E-state index contributed by atoms with van der Waals surface area (Å²) in [7, 11) is 0. The number of aryl methyl sites for hydroxylation is 2. The maximum absolute atomic E-state index is 12.8. The SMILES string of the molecule is Cc1cnn([C@H](C)C(=O)N2CCC(c3nc4c(C)cccc4[nH]3)CC2)c1. The van der Waals surface area contributed by atoms with Crippen molar-refractivity contribution in [3.05, 3.63) is 47.5 Å². The van der Waals surface area contributed by atoms with Gasteiger partial charge in [-0.15, -0.1) is 0 Å². The van der Waals surface area contributed by atoms with Gasteiger partial charge in [-0.2, -0.15) is 5.10 Å². The number of amides is 1. The van der Waals surface area contributed by atoms with E-state index in [1.165, 1.54) is 5.56 Å².